The number of aliphatic hydroxyl groups is 2. The Hall–Kier alpha value is -2.42. The first-order chi connectivity index (χ1) is 12.6. The predicted octanol–water partition coefficient (Wildman–Crippen LogP) is 5.91. The van der Waals surface area contributed by atoms with Crippen LogP contribution in [0.2, 0.25) is 0 Å². The second-order valence-corrected chi connectivity index (χ2v) is 6.67. The lowest BCUT2D eigenvalue weighted by atomic mass is 9.97. The van der Waals surface area contributed by atoms with Gasteiger partial charge >= 0.3 is 0 Å². The van der Waals surface area contributed by atoms with Gasteiger partial charge in [-0.15, -0.1) is 0 Å². The van der Waals surface area contributed by atoms with Crippen LogP contribution in [-0.2, 0) is 0 Å². The van der Waals surface area contributed by atoms with Gasteiger partial charge in [-0.3, -0.25) is 0 Å². The minimum atomic E-state index is -0.388. The van der Waals surface area contributed by atoms with E-state index in [-0.39, 0.29) is 12.2 Å². The molecule has 0 fully saturated rings. The molecular formula is C24H26O2. The fourth-order valence-electron chi connectivity index (χ4n) is 3.12. The molecule has 0 aliphatic rings. The molecule has 2 nitrogen and oxygen atoms in total. The monoisotopic (exact) mass is 346 g/mol. The van der Waals surface area contributed by atoms with Crippen LogP contribution in [-0.4, -0.2) is 10.2 Å². The Morgan fingerprint density at radius 2 is 0.731 bits per heavy atom. The summed E-state index contributed by atoms with van der Waals surface area (Å²) in [5.74, 6) is 0. The molecule has 2 heteroatoms. The minimum Gasteiger partial charge on any atom is -0.388 e. The zero-order chi connectivity index (χ0) is 18.5. The second kappa shape index (κ2) is 8.31. The topological polar surface area (TPSA) is 40.5 Å². The molecule has 0 aromatic heterocycles. The van der Waals surface area contributed by atoms with Gasteiger partial charge in [-0.25, -0.2) is 0 Å². The maximum atomic E-state index is 9.91. The van der Waals surface area contributed by atoms with E-state index in [0.29, 0.717) is 0 Å². The zero-order valence-electron chi connectivity index (χ0n) is 15.4. The lowest BCUT2D eigenvalue weighted by molar-refractivity contribution is 0.173. The molecule has 26 heavy (non-hydrogen) atoms. The van der Waals surface area contributed by atoms with Crippen molar-refractivity contribution in [2.45, 2.75) is 38.9 Å². The molecule has 0 saturated carbocycles. The highest BCUT2D eigenvalue weighted by atomic mass is 16.3. The van der Waals surface area contributed by atoms with Gasteiger partial charge < -0.3 is 10.2 Å². The van der Waals surface area contributed by atoms with Gasteiger partial charge in [0, 0.05) is 0 Å². The Balaban J connectivity index is 1.78. The maximum Gasteiger partial charge on any atom is 0.0787 e. The molecule has 2 unspecified atom stereocenters. The van der Waals surface area contributed by atoms with Crippen LogP contribution in [0.4, 0.5) is 0 Å². The van der Waals surface area contributed by atoms with Gasteiger partial charge in [-0.1, -0.05) is 86.6 Å². The Labute approximate surface area is 155 Å². The van der Waals surface area contributed by atoms with E-state index in [1.54, 1.807) is 0 Å². The number of aliphatic hydroxyl groups excluding tert-OH is 2. The predicted molar refractivity (Wildman–Crippen MR) is 108 cm³/mol. The van der Waals surface area contributed by atoms with Crippen molar-refractivity contribution < 1.29 is 10.2 Å². The molecule has 0 aliphatic heterocycles. The van der Waals surface area contributed by atoms with Gasteiger partial charge in [0.15, 0.2) is 0 Å². The van der Waals surface area contributed by atoms with Gasteiger partial charge in [-0.05, 0) is 46.2 Å². The number of rotatable bonds is 6. The number of hydrogen-bond acceptors (Lipinski definition) is 2. The van der Waals surface area contributed by atoms with Gasteiger partial charge in [0.25, 0.3) is 0 Å². The van der Waals surface area contributed by atoms with Crippen LogP contribution in [0.1, 0.15) is 50.0 Å². The van der Waals surface area contributed by atoms with E-state index < -0.39 is 0 Å². The summed E-state index contributed by atoms with van der Waals surface area (Å²) in [6.07, 6.45) is 0.672. The van der Waals surface area contributed by atoms with Gasteiger partial charge in [0.05, 0.1) is 12.2 Å². The van der Waals surface area contributed by atoms with Crippen molar-refractivity contribution in [3.05, 3.63) is 83.9 Å². The third-order valence-corrected chi connectivity index (χ3v) is 4.92. The Kier molecular flexibility index (Phi) is 5.87. The summed E-state index contributed by atoms with van der Waals surface area (Å²) in [7, 11) is 0. The van der Waals surface area contributed by atoms with Gasteiger partial charge in [0.1, 0.15) is 0 Å². The zero-order valence-corrected chi connectivity index (χ0v) is 15.4. The van der Waals surface area contributed by atoms with Crippen molar-refractivity contribution in [1.82, 2.24) is 0 Å². The van der Waals surface area contributed by atoms with Crippen LogP contribution < -0.4 is 0 Å². The Morgan fingerprint density at radius 3 is 0.962 bits per heavy atom. The fourth-order valence-corrected chi connectivity index (χ4v) is 3.12. The molecule has 134 valence electrons. The average molecular weight is 346 g/mol. The largest absolute Gasteiger partial charge is 0.388 e. The highest BCUT2D eigenvalue weighted by Gasteiger charge is 2.07. The van der Waals surface area contributed by atoms with Gasteiger partial charge in [-0.2, -0.15) is 0 Å². The van der Waals surface area contributed by atoms with Crippen LogP contribution in [0.25, 0.3) is 22.3 Å². The molecule has 2 atom stereocenters. The van der Waals surface area contributed by atoms with Crippen molar-refractivity contribution in [3.8, 4) is 22.3 Å². The lowest BCUT2D eigenvalue weighted by Crippen LogP contribution is -1.94. The summed E-state index contributed by atoms with van der Waals surface area (Å²) in [5, 5.41) is 19.8. The van der Waals surface area contributed by atoms with E-state index >= 15 is 0 Å². The molecule has 2 N–H and O–H groups in total. The number of benzene rings is 3. The van der Waals surface area contributed by atoms with Crippen LogP contribution in [0.15, 0.2) is 72.8 Å². The van der Waals surface area contributed by atoms with Crippen LogP contribution in [0, 0.1) is 0 Å². The third kappa shape index (κ3) is 4.04. The average Bonchev–Trinajstić information content (AvgIpc) is 2.73. The van der Waals surface area contributed by atoms with Crippen molar-refractivity contribution in [1.29, 1.82) is 0 Å². The first-order valence-corrected chi connectivity index (χ1v) is 9.29. The minimum absolute atomic E-state index is 0.388. The molecule has 0 aliphatic carbocycles. The first-order valence-electron chi connectivity index (χ1n) is 9.29. The smallest absolute Gasteiger partial charge is 0.0787 e. The van der Waals surface area contributed by atoms with Crippen molar-refractivity contribution in [2.75, 3.05) is 0 Å². The molecule has 0 heterocycles. The normalized spacial score (nSPS) is 13.4. The Bertz CT molecular complexity index is 745. The van der Waals surface area contributed by atoms with Crippen LogP contribution >= 0.6 is 0 Å². The van der Waals surface area contributed by atoms with Crippen molar-refractivity contribution in [2.24, 2.45) is 0 Å². The van der Waals surface area contributed by atoms with Crippen molar-refractivity contribution >= 4 is 0 Å². The maximum absolute atomic E-state index is 9.91. The van der Waals surface area contributed by atoms with E-state index in [9.17, 15) is 10.2 Å². The highest BCUT2D eigenvalue weighted by molar-refractivity contribution is 5.70. The van der Waals surface area contributed by atoms with Crippen molar-refractivity contribution in [3.63, 3.8) is 0 Å². The van der Waals surface area contributed by atoms with Crippen LogP contribution in [0.5, 0.6) is 0 Å². The van der Waals surface area contributed by atoms with E-state index in [1.807, 2.05) is 38.1 Å². The molecule has 0 spiro atoms. The lowest BCUT2D eigenvalue weighted by Gasteiger charge is -2.11. The Morgan fingerprint density at radius 1 is 0.500 bits per heavy atom. The summed E-state index contributed by atoms with van der Waals surface area (Å²) < 4.78 is 0. The summed E-state index contributed by atoms with van der Waals surface area (Å²) in [4.78, 5) is 0. The summed E-state index contributed by atoms with van der Waals surface area (Å²) in [6.45, 7) is 3.96. The molecule has 0 radical (unpaired) electrons. The molecule has 3 aromatic carbocycles. The highest BCUT2D eigenvalue weighted by Crippen LogP contribution is 2.27. The SMILES string of the molecule is CCC(O)c1ccc(-c2ccc(-c3ccc(C(O)CC)cc3)cc2)cc1. The molecule has 0 bridgehead atoms. The molecule has 3 aromatic rings. The van der Waals surface area contributed by atoms with E-state index in [0.717, 1.165) is 46.2 Å². The van der Waals surface area contributed by atoms with Gasteiger partial charge in [0.2, 0.25) is 0 Å². The second-order valence-electron chi connectivity index (χ2n) is 6.67. The summed E-state index contributed by atoms with van der Waals surface area (Å²) in [5.41, 5.74) is 6.52. The van der Waals surface area contributed by atoms with Crippen LogP contribution in [0.3, 0.4) is 0 Å². The molecule has 0 saturated heterocycles. The third-order valence-electron chi connectivity index (χ3n) is 4.92. The van der Waals surface area contributed by atoms with E-state index in [2.05, 4.69) is 48.5 Å². The fraction of sp³-hybridized carbons (Fsp3) is 0.250. The number of hydrogen-bond donors (Lipinski definition) is 2. The summed E-state index contributed by atoms with van der Waals surface area (Å²) in [6, 6.07) is 24.7. The van der Waals surface area contributed by atoms with E-state index in [1.165, 1.54) is 0 Å². The summed E-state index contributed by atoms with van der Waals surface area (Å²) >= 11 is 0. The molecule has 0 amide bonds. The molecule has 3 rings (SSSR count). The quantitative estimate of drug-likeness (QED) is 0.583. The molecular weight excluding hydrogens is 320 g/mol. The first kappa shape index (κ1) is 18.4. The van der Waals surface area contributed by atoms with E-state index in [4.69, 9.17) is 0 Å². The standard InChI is InChI=1S/C24H26O2/c1-3-23(25)21-13-9-19(10-14-21)17-5-7-18(8-6-17)20-11-15-22(16-12-20)24(26)4-2/h5-16,23-26H,3-4H2,1-2H3.